The maximum Gasteiger partial charge on any atom is 0.415 e. The van der Waals surface area contributed by atoms with Crippen LogP contribution in [0.4, 0.5) is 10.6 Å². The lowest BCUT2D eigenvalue weighted by Crippen LogP contribution is -2.49. The minimum Gasteiger partial charge on any atom is -0.462 e. The second kappa shape index (κ2) is 10.5. The van der Waals surface area contributed by atoms with Crippen LogP contribution in [0.2, 0.25) is 5.02 Å². The van der Waals surface area contributed by atoms with E-state index in [9.17, 15) is 9.59 Å². The van der Waals surface area contributed by atoms with Gasteiger partial charge < -0.3 is 25.0 Å². The van der Waals surface area contributed by atoms with Crippen LogP contribution in [-0.4, -0.2) is 60.3 Å². The van der Waals surface area contributed by atoms with Gasteiger partial charge in [0.05, 0.1) is 11.1 Å². The Hall–Kier alpha value is -2.84. The van der Waals surface area contributed by atoms with Crippen LogP contribution in [0.25, 0.3) is 0 Å². The van der Waals surface area contributed by atoms with Crippen molar-refractivity contribution in [3.05, 3.63) is 53.2 Å². The number of nitrogens with two attached hydrogens (primary N) is 1. The molecule has 2 heterocycles. The molecule has 2 aromatic rings. The Balaban J connectivity index is 1.53. The SMILES string of the molecule is CC(C)OC(=O)[C@@H](N)Cc1ccc(OC(=O)N2CCN(c3ccccn3)CC2)c(Cl)c1. The molecule has 1 fully saturated rings. The van der Waals surface area contributed by atoms with Crippen molar-refractivity contribution in [2.24, 2.45) is 5.73 Å². The van der Waals surface area contributed by atoms with E-state index in [1.807, 2.05) is 18.2 Å². The molecule has 166 valence electrons. The van der Waals surface area contributed by atoms with Gasteiger partial charge in [-0.2, -0.15) is 0 Å². The van der Waals surface area contributed by atoms with Gasteiger partial charge in [-0.05, 0) is 50.1 Å². The smallest absolute Gasteiger partial charge is 0.415 e. The summed E-state index contributed by atoms with van der Waals surface area (Å²) in [5.74, 6) is 0.692. The standard InChI is InChI=1S/C22H27ClN4O4/c1-15(2)30-21(28)18(24)14-16-6-7-19(17(23)13-16)31-22(29)27-11-9-26(10-12-27)20-5-3-4-8-25-20/h3-8,13,15,18H,9-12,14,24H2,1-2H3/t18-/m0/s1. The van der Waals surface area contributed by atoms with E-state index in [1.165, 1.54) is 0 Å². The number of nitrogens with zero attached hydrogens (tertiary/aromatic N) is 3. The van der Waals surface area contributed by atoms with Crippen LogP contribution in [-0.2, 0) is 16.0 Å². The van der Waals surface area contributed by atoms with E-state index >= 15 is 0 Å². The molecule has 1 atom stereocenters. The normalized spacial score (nSPS) is 15.0. The highest BCUT2D eigenvalue weighted by molar-refractivity contribution is 6.32. The third-order valence-corrected chi connectivity index (χ3v) is 5.11. The van der Waals surface area contributed by atoms with Crippen LogP contribution in [0, 0.1) is 0 Å². The van der Waals surface area contributed by atoms with Gasteiger partial charge in [0, 0.05) is 32.4 Å². The minimum absolute atomic E-state index is 0.227. The van der Waals surface area contributed by atoms with Crippen LogP contribution in [0.15, 0.2) is 42.6 Å². The summed E-state index contributed by atoms with van der Waals surface area (Å²) in [6.07, 6.45) is 1.35. The molecule has 0 saturated carbocycles. The summed E-state index contributed by atoms with van der Waals surface area (Å²) in [6, 6.07) is 9.96. The van der Waals surface area contributed by atoms with Gasteiger partial charge in [-0.25, -0.2) is 9.78 Å². The van der Waals surface area contributed by atoms with Gasteiger partial charge in [0.1, 0.15) is 11.9 Å². The molecule has 8 nitrogen and oxygen atoms in total. The Kier molecular flexibility index (Phi) is 7.70. The summed E-state index contributed by atoms with van der Waals surface area (Å²) < 4.78 is 10.6. The predicted molar refractivity (Wildman–Crippen MR) is 118 cm³/mol. The van der Waals surface area contributed by atoms with Gasteiger partial charge in [-0.3, -0.25) is 4.79 Å². The van der Waals surface area contributed by atoms with Crippen molar-refractivity contribution in [2.45, 2.75) is 32.4 Å². The summed E-state index contributed by atoms with van der Waals surface area (Å²) in [7, 11) is 0. The summed E-state index contributed by atoms with van der Waals surface area (Å²) in [5, 5.41) is 0.280. The number of benzene rings is 1. The first-order valence-corrected chi connectivity index (χ1v) is 10.6. The molecule has 1 aromatic heterocycles. The van der Waals surface area contributed by atoms with Crippen molar-refractivity contribution in [2.75, 3.05) is 31.1 Å². The minimum atomic E-state index is -0.790. The maximum atomic E-state index is 12.5. The number of hydrogen-bond donors (Lipinski definition) is 1. The quantitative estimate of drug-likeness (QED) is 0.681. The molecule has 0 aliphatic carbocycles. The molecule has 9 heteroatoms. The van der Waals surface area contributed by atoms with Gasteiger partial charge in [0.15, 0.2) is 5.75 Å². The Morgan fingerprint density at radius 2 is 1.90 bits per heavy atom. The number of ether oxygens (including phenoxy) is 2. The van der Waals surface area contributed by atoms with E-state index in [0.29, 0.717) is 26.2 Å². The lowest BCUT2D eigenvalue weighted by Gasteiger charge is -2.34. The zero-order valence-corrected chi connectivity index (χ0v) is 18.4. The molecular weight excluding hydrogens is 420 g/mol. The number of carbonyl (C=O) groups excluding carboxylic acids is 2. The van der Waals surface area contributed by atoms with Gasteiger partial charge in [-0.15, -0.1) is 0 Å². The number of rotatable bonds is 6. The molecule has 1 aliphatic heterocycles. The fourth-order valence-corrected chi connectivity index (χ4v) is 3.47. The van der Waals surface area contributed by atoms with Gasteiger partial charge in [-0.1, -0.05) is 23.7 Å². The molecule has 1 amide bonds. The zero-order chi connectivity index (χ0) is 22.4. The predicted octanol–water partition coefficient (Wildman–Crippen LogP) is 2.88. The van der Waals surface area contributed by atoms with Crippen molar-refractivity contribution in [3.8, 4) is 5.75 Å². The molecule has 0 unspecified atom stereocenters. The summed E-state index contributed by atoms with van der Waals surface area (Å²) >= 11 is 6.29. The second-order valence-corrected chi connectivity index (χ2v) is 8.00. The lowest BCUT2D eigenvalue weighted by molar-refractivity contribution is -0.148. The van der Waals surface area contributed by atoms with E-state index in [2.05, 4.69) is 9.88 Å². The van der Waals surface area contributed by atoms with E-state index in [4.69, 9.17) is 26.8 Å². The van der Waals surface area contributed by atoms with E-state index < -0.39 is 18.1 Å². The van der Waals surface area contributed by atoms with E-state index in [1.54, 1.807) is 43.1 Å². The van der Waals surface area contributed by atoms with Crippen molar-refractivity contribution in [1.82, 2.24) is 9.88 Å². The number of piperazine rings is 1. The van der Waals surface area contributed by atoms with Crippen LogP contribution >= 0.6 is 11.6 Å². The molecule has 2 N–H and O–H groups in total. The third-order valence-electron chi connectivity index (χ3n) is 4.81. The van der Waals surface area contributed by atoms with E-state index in [0.717, 1.165) is 11.4 Å². The van der Waals surface area contributed by atoms with Crippen LogP contribution < -0.4 is 15.4 Å². The number of amides is 1. The first-order valence-electron chi connectivity index (χ1n) is 10.2. The Morgan fingerprint density at radius 3 is 2.52 bits per heavy atom. The van der Waals surface area contributed by atoms with Crippen molar-refractivity contribution in [1.29, 1.82) is 0 Å². The number of anilines is 1. The number of esters is 1. The highest BCUT2D eigenvalue weighted by Crippen LogP contribution is 2.27. The number of hydrogen-bond acceptors (Lipinski definition) is 7. The molecule has 0 spiro atoms. The first-order chi connectivity index (χ1) is 14.8. The number of aromatic nitrogens is 1. The Morgan fingerprint density at radius 1 is 1.16 bits per heavy atom. The highest BCUT2D eigenvalue weighted by atomic mass is 35.5. The van der Waals surface area contributed by atoms with Crippen LogP contribution in [0.3, 0.4) is 0 Å². The van der Waals surface area contributed by atoms with Gasteiger partial charge in [0.2, 0.25) is 0 Å². The summed E-state index contributed by atoms with van der Waals surface area (Å²) in [6.45, 7) is 5.92. The second-order valence-electron chi connectivity index (χ2n) is 7.59. The van der Waals surface area contributed by atoms with E-state index in [-0.39, 0.29) is 23.3 Å². The topological polar surface area (TPSA) is 98.0 Å². The monoisotopic (exact) mass is 446 g/mol. The molecule has 3 rings (SSSR count). The Labute approximate surface area is 186 Å². The number of pyridine rings is 1. The highest BCUT2D eigenvalue weighted by Gasteiger charge is 2.24. The van der Waals surface area contributed by atoms with Crippen LogP contribution in [0.5, 0.6) is 5.75 Å². The molecule has 1 saturated heterocycles. The maximum absolute atomic E-state index is 12.5. The van der Waals surface area contributed by atoms with Gasteiger partial charge in [0.25, 0.3) is 0 Å². The number of carbonyl (C=O) groups is 2. The van der Waals surface area contributed by atoms with Gasteiger partial charge >= 0.3 is 12.1 Å². The summed E-state index contributed by atoms with van der Waals surface area (Å²) in [4.78, 5) is 32.5. The van der Waals surface area contributed by atoms with Crippen molar-refractivity contribution in [3.63, 3.8) is 0 Å². The Bertz CT molecular complexity index is 902. The molecule has 1 aromatic carbocycles. The molecule has 1 aliphatic rings. The number of halogens is 1. The van der Waals surface area contributed by atoms with Crippen molar-refractivity contribution < 1.29 is 19.1 Å². The lowest BCUT2D eigenvalue weighted by atomic mass is 10.1. The fourth-order valence-electron chi connectivity index (χ4n) is 3.23. The first kappa shape index (κ1) is 22.8. The largest absolute Gasteiger partial charge is 0.462 e. The molecule has 31 heavy (non-hydrogen) atoms. The molecule has 0 bridgehead atoms. The zero-order valence-electron chi connectivity index (χ0n) is 17.7. The van der Waals surface area contributed by atoms with Crippen LogP contribution in [0.1, 0.15) is 19.4 Å². The summed E-state index contributed by atoms with van der Waals surface area (Å²) in [5.41, 5.74) is 6.65. The fraction of sp³-hybridized carbons (Fsp3) is 0.409. The molecule has 0 radical (unpaired) electrons. The average Bonchev–Trinajstić information content (AvgIpc) is 2.76. The van der Waals surface area contributed by atoms with Crippen molar-refractivity contribution >= 4 is 29.5 Å². The third kappa shape index (κ3) is 6.32. The average molecular weight is 447 g/mol. The molecular formula is C22H27ClN4O4.